The quantitative estimate of drug-likeness (QED) is 0.434. The van der Waals surface area contributed by atoms with Gasteiger partial charge in [0.1, 0.15) is 0 Å². The smallest absolute Gasteiger partial charge is 0.318 e. The molecule has 2 aliphatic rings. The number of urea groups is 1. The van der Waals surface area contributed by atoms with Crippen LogP contribution in [-0.2, 0) is 16.9 Å². The molecule has 1 atom stereocenters. The Balaban J connectivity index is 1.52. The Hall–Kier alpha value is -2.52. The van der Waals surface area contributed by atoms with Gasteiger partial charge in [0, 0.05) is 12.2 Å². The van der Waals surface area contributed by atoms with E-state index in [1.165, 1.54) is 0 Å². The van der Waals surface area contributed by atoms with Crippen molar-refractivity contribution in [1.82, 2.24) is 20.4 Å². The Morgan fingerprint density at radius 3 is 2.46 bits per heavy atom. The van der Waals surface area contributed by atoms with E-state index in [4.69, 9.17) is 0 Å². The van der Waals surface area contributed by atoms with Crippen LogP contribution in [0, 0.1) is 0 Å². The molecule has 1 aromatic heterocycles. The molecule has 0 spiro atoms. The molecule has 4 N–H and O–H groups in total. The number of rotatable bonds is 8. The summed E-state index contributed by atoms with van der Waals surface area (Å²) < 4.78 is -0.306. The fourth-order valence-electron chi connectivity index (χ4n) is 5.31. The molecule has 0 unspecified atom stereocenters. The summed E-state index contributed by atoms with van der Waals surface area (Å²) in [5, 5.41) is 23.2. The minimum absolute atomic E-state index is 0.0504. The third kappa shape index (κ3) is 4.56. The second-order valence-corrected chi connectivity index (χ2v) is 15.4. The van der Waals surface area contributed by atoms with Gasteiger partial charge in [-0.15, -0.1) is 0 Å². The molecule has 2 heterocycles. The van der Waals surface area contributed by atoms with Crippen molar-refractivity contribution in [3.8, 4) is 0 Å². The van der Waals surface area contributed by atoms with E-state index in [0.29, 0.717) is 25.2 Å². The third-order valence-electron chi connectivity index (χ3n) is 7.84. The van der Waals surface area contributed by atoms with Crippen molar-refractivity contribution in [2.45, 2.75) is 68.8 Å². The average molecular weight is 502 g/mol. The molecule has 0 saturated heterocycles. The first-order chi connectivity index (χ1) is 16.5. The fourth-order valence-corrected chi connectivity index (χ4v) is 7.43. The Morgan fingerprint density at radius 2 is 1.89 bits per heavy atom. The maximum Gasteiger partial charge on any atom is 0.318 e. The van der Waals surface area contributed by atoms with Gasteiger partial charge in [0.15, 0.2) is 5.82 Å². The molecular formula is C26H39N5O3S. The van der Waals surface area contributed by atoms with Gasteiger partial charge in [-0.1, -0.05) is 30.3 Å². The summed E-state index contributed by atoms with van der Waals surface area (Å²) in [5.74, 6) is 0.581. The zero-order chi connectivity index (χ0) is 25.4. The van der Waals surface area contributed by atoms with Crippen LogP contribution < -0.4 is 10.6 Å². The van der Waals surface area contributed by atoms with Gasteiger partial charge in [-0.05, 0) is 70.3 Å². The van der Waals surface area contributed by atoms with Crippen LogP contribution in [0.15, 0.2) is 30.3 Å². The standard InChI is InChI=1S/C26H39N5O3S/c1-25(2)21-19(22(30-29-21)28-23(33)26(14-10-15-26)35(3,4)5)17-31(25)24(34)27-20(13-9-16-32)18-11-7-6-8-12-18/h6-8,11-12,20,32H,9-10,13-17H2,1-5H3,(H,27,34)(H2,28,29,30,33)/t20-/m1/s1. The molecule has 8 nitrogen and oxygen atoms in total. The van der Waals surface area contributed by atoms with Gasteiger partial charge < -0.3 is 20.6 Å². The van der Waals surface area contributed by atoms with Gasteiger partial charge in [0.05, 0.1) is 28.6 Å². The monoisotopic (exact) mass is 501 g/mol. The van der Waals surface area contributed by atoms with Crippen molar-refractivity contribution < 1.29 is 14.7 Å². The zero-order valence-corrected chi connectivity index (χ0v) is 22.3. The lowest BCUT2D eigenvalue weighted by Crippen LogP contribution is -2.51. The highest BCUT2D eigenvalue weighted by Gasteiger charge is 2.51. The number of hydrogen-bond acceptors (Lipinski definition) is 4. The lowest BCUT2D eigenvalue weighted by Gasteiger charge is -2.53. The van der Waals surface area contributed by atoms with Crippen molar-refractivity contribution in [2.24, 2.45) is 0 Å². The molecule has 1 aliphatic carbocycles. The second kappa shape index (κ2) is 9.50. The highest BCUT2D eigenvalue weighted by Crippen LogP contribution is 2.60. The maximum absolute atomic E-state index is 13.5. The molecule has 1 aromatic carbocycles. The largest absolute Gasteiger partial charge is 0.396 e. The summed E-state index contributed by atoms with van der Waals surface area (Å²) in [5.41, 5.74) is 2.11. The summed E-state index contributed by atoms with van der Waals surface area (Å²) >= 11 is 0. The number of aliphatic hydroxyl groups is 1. The van der Waals surface area contributed by atoms with Crippen LogP contribution in [0.2, 0.25) is 0 Å². The van der Waals surface area contributed by atoms with Crippen LogP contribution in [0.3, 0.4) is 0 Å². The molecule has 0 bridgehead atoms. The maximum atomic E-state index is 13.5. The molecule has 1 aliphatic heterocycles. The van der Waals surface area contributed by atoms with Crippen molar-refractivity contribution >= 4 is 27.8 Å². The van der Waals surface area contributed by atoms with Crippen LogP contribution >= 0.6 is 10.0 Å². The SMILES string of the molecule is CC1(C)c2[nH]nc(NC(=O)C3(S(C)(C)C)CCC3)c2CN1C(=O)N[C@H](CCCO)c1ccccc1. The Labute approximate surface area is 209 Å². The number of anilines is 1. The number of H-pyrrole nitrogens is 1. The highest BCUT2D eigenvalue weighted by molar-refractivity contribution is 8.33. The molecule has 1 fully saturated rings. The van der Waals surface area contributed by atoms with Gasteiger partial charge in [-0.25, -0.2) is 14.8 Å². The Bertz CT molecular complexity index is 1070. The average Bonchev–Trinajstić information content (AvgIpc) is 3.27. The number of nitrogens with zero attached hydrogens (tertiary/aromatic N) is 2. The molecule has 0 radical (unpaired) electrons. The topological polar surface area (TPSA) is 110 Å². The van der Waals surface area contributed by atoms with Crippen LogP contribution in [-0.4, -0.2) is 62.3 Å². The van der Waals surface area contributed by atoms with Gasteiger partial charge in [0.2, 0.25) is 5.91 Å². The van der Waals surface area contributed by atoms with Crippen LogP contribution in [0.25, 0.3) is 0 Å². The lowest BCUT2D eigenvalue weighted by molar-refractivity contribution is -0.120. The summed E-state index contributed by atoms with van der Waals surface area (Å²) in [6.45, 7) is 4.41. The third-order valence-corrected chi connectivity index (χ3v) is 10.8. The predicted octanol–water partition coefficient (Wildman–Crippen LogP) is 4.24. The van der Waals surface area contributed by atoms with E-state index in [1.807, 2.05) is 44.2 Å². The van der Waals surface area contributed by atoms with Crippen LogP contribution in [0.5, 0.6) is 0 Å². The number of fused-ring (bicyclic) bond motifs is 1. The van der Waals surface area contributed by atoms with Crippen LogP contribution in [0.1, 0.15) is 68.8 Å². The van der Waals surface area contributed by atoms with Gasteiger partial charge in [-0.3, -0.25) is 9.89 Å². The molecule has 2 aromatic rings. The summed E-state index contributed by atoms with van der Waals surface area (Å²) in [6, 6.07) is 9.45. The number of aliphatic hydroxyl groups excluding tert-OH is 1. The first kappa shape index (κ1) is 25.6. The number of hydrogen-bond donors (Lipinski definition) is 4. The predicted molar refractivity (Wildman–Crippen MR) is 142 cm³/mol. The minimum atomic E-state index is -1.08. The molecule has 192 valence electrons. The van der Waals surface area contributed by atoms with Gasteiger partial charge in [0.25, 0.3) is 0 Å². The number of aromatic nitrogens is 2. The lowest BCUT2D eigenvalue weighted by atomic mass is 9.83. The Morgan fingerprint density at radius 1 is 1.20 bits per heavy atom. The second-order valence-electron chi connectivity index (χ2n) is 11.0. The van der Waals surface area contributed by atoms with Crippen molar-refractivity contribution in [3.05, 3.63) is 47.2 Å². The van der Waals surface area contributed by atoms with Gasteiger partial charge in [-0.2, -0.15) is 5.10 Å². The summed E-state index contributed by atoms with van der Waals surface area (Å²) in [4.78, 5) is 28.7. The zero-order valence-electron chi connectivity index (χ0n) is 21.5. The van der Waals surface area contributed by atoms with E-state index in [0.717, 1.165) is 36.1 Å². The molecule has 1 saturated carbocycles. The highest BCUT2D eigenvalue weighted by atomic mass is 32.3. The van der Waals surface area contributed by atoms with E-state index in [-0.39, 0.29) is 29.3 Å². The summed E-state index contributed by atoms with van der Waals surface area (Å²) in [6.07, 6.45) is 10.8. The molecule has 9 heteroatoms. The van der Waals surface area contributed by atoms with Crippen molar-refractivity contribution in [3.63, 3.8) is 0 Å². The van der Waals surface area contributed by atoms with Gasteiger partial charge >= 0.3 is 6.03 Å². The summed E-state index contributed by atoms with van der Waals surface area (Å²) in [7, 11) is -1.08. The first-order valence-corrected chi connectivity index (χ1v) is 15.2. The van der Waals surface area contributed by atoms with Crippen molar-refractivity contribution in [1.29, 1.82) is 0 Å². The first-order valence-electron chi connectivity index (χ1n) is 12.3. The number of amides is 3. The van der Waals surface area contributed by atoms with E-state index in [9.17, 15) is 14.7 Å². The van der Waals surface area contributed by atoms with E-state index in [1.54, 1.807) is 4.90 Å². The minimum Gasteiger partial charge on any atom is -0.396 e. The molecule has 35 heavy (non-hydrogen) atoms. The molecular weight excluding hydrogens is 462 g/mol. The van der Waals surface area contributed by atoms with E-state index < -0.39 is 15.6 Å². The number of nitrogens with one attached hydrogen (secondary N) is 3. The van der Waals surface area contributed by atoms with Crippen LogP contribution in [0.4, 0.5) is 10.6 Å². The Kier molecular flexibility index (Phi) is 6.94. The van der Waals surface area contributed by atoms with E-state index in [2.05, 4.69) is 39.6 Å². The number of benzene rings is 1. The van der Waals surface area contributed by atoms with E-state index >= 15 is 0 Å². The molecule has 4 rings (SSSR count). The molecule has 3 amide bonds. The normalized spacial score (nSPS) is 19.4. The number of aromatic amines is 1. The number of carbonyl (C=O) groups excluding carboxylic acids is 2. The van der Waals surface area contributed by atoms with Crippen molar-refractivity contribution in [2.75, 3.05) is 30.7 Å². The number of carbonyl (C=O) groups is 2. The fraction of sp³-hybridized carbons (Fsp3) is 0.577.